The van der Waals surface area contributed by atoms with E-state index in [4.69, 9.17) is 5.11 Å². The topological polar surface area (TPSA) is 20.2 Å². The summed E-state index contributed by atoms with van der Waals surface area (Å²) >= 11 is -0.524. The fourth-order valence-corrected chi connectivity index (χ4v) is 1.91. The number of aliphatic hydroxyl groups excluding tert-OH is 1. The Morgan fingerprint density at radius 2 is 2.50 bits per heavy atom. The summed E-state index contributed by atoms with van der Waals surface area (Å²) in [5.74, 6) is 0. The van der Waals surface area contributed by atoms with E-state index in [9.17, 15) is 0 Å². The van der Waals surface area contributed by atoms with Crippen LogP contribution in [0.2, 0.25) is 0 Å². The van der Waals surface area contributed by atoms with Gasteiger partial charge in [-0.3, -0.25) is 0 Å². The molecule has 1 rings (SSSR count). The zero-order valence-electron chi connectivity index (χ0n) is 3.18. The molecule has 0 bridgehead atoms. The molecule has 1 heterocycles. The molecule has 32 valence electrons. The number of hydrogen-bond acceptors (Lipinski definition) is 1. The number of allylic oxidation sites excluding steroid dienone is 2. The molecular weight excluding hydrogens is 186 g/mol. The first-order valence-corrected chi connectivity index (χ1v) is 4.79. The van der Waals surface area contributed by atoms with Gasteiger partial charge in [-0.2, -0.15) is 0 Å². The predicted molar refractivity (Wildman–Crippen MR) is 27.0 cm³/mol. The fourth-order valence-electron chi connectivity index (χ4n) is 0.321. The van der Waals surface area contributed by atoms with E-state index in [1.807, 2.05) is 6.08 Å². The summed E-state index contributed by atoms with van der Waals surface area (Å²) in [4.78, 5) is 0. The molecule has 0 saturated heterocycles. The van der Waals surface area contributed by atoms with Crippen LogP contribution in [0.3, 0.4) is 0 Å². The van der Waals surface area contributed by atoms with Gasteiger partial charge in [0.1, 0.15) is 0 Å². The van der Waals surface area contributed by atoms with Crippen molar-refractivity contribution in [2.75, 3.05) is 0 Å². The van der Waals surface area contributed by atoms with Gasteiger partial charge in [-0.25, -0.2) is 0 Å². The minimum atomic E-state index is -0.524. The summed E-state index contributed by atoms with van der Waals surface area (Å²) < 4.78 is 2.72. The van der Waals surface area contributed by atoms with Gasteiger partial charge >= 0.3 is 46.6 Å². The molecule has 1 aliphatic rings. The summed E-state index contributed by atoms with van der Waals surface area (Å²) in [6, 6.07) is 0. The van der Waals surface area contributed by atoms with E-state index in [0.29, 0.717) is 3.71 Å². The second-order valence-corrected chi connectivity index (χ2v) is 4.29. The Bertz CT molecular complexity index is 104. The maximum absolute atomic E-state index is 8.60. The van der Waals surface area contributed by atoms with Crippen molar-refractivity contribution >= 4 is 21.6 Å². The standard InChI is InChI=1S/C4H4O.Sb.H/c1-2-3-4-5;;/h1-3,5H;;. The molecule has 0 spiro atoms. The van der Waals surface area contributed by atoms with Gasteiger partial charge in [0.05, 0.1) is 0 Å². The Kier molecular flexibility index (Phi) is 1.21. The Hall–Kier alpha value is 0.0982. The predicted octanol–water partition coefficient (Wildman–Crippen LogP) is 0.350. The summed E-state index contributed by atoms with van der Waals surface area (Å²) in [5.41, 5.74) is 0. The molecule has 1 aliphatic heterocycles. The minimum absolute atomic E-state index is 0.524. The normalized spacial score (nSPS) is 18.3. The molecule has 2 heteroatoms. The number of rotatable bonds is 0. The Morgan fingerprint density at radius 1 is 1.67 bits per heavy atom. The van der Waals surface area contributed by atoms with Crippen LogP contribution in [0.1, 0.15) is 0 Å². The zero-order valence-corrected chi connectivity index (χ0v) is 6.03. The van der Waals surface area contributed by atoms with Crippen LogP contribution in [0, 0.1) is 0 Å². The van der Waals surface area contributed by atoms with Gasteiger partial charge in [0.2, 0.25) is 0 Å². The molecule has 0 atom stereocenters. The Labute approximate surface area is 46.9 Å². The molecule has 0 amide bonds. The van der Waals surface area contributed by atoms with Gasteiger partial charge < -0.3 is 0 Å². The van der Waals surface area contributed by atoms with Gasteiger partial charge in [0.15, 0.2) is 0 Å². The third-order valence-electron chi connectivity index (χ3n) is 0.582. The van der Waals surface area contributed by atoms with E-state index >= 15 is 0 Å². The molecule has 1 nitrogen and oxygen atoms in total. The van der Waals surface area contributed by atoms with Crippen LogP contribution in [-0.4, -0.2) is 26.7 Å². The van der Waals surface area contributed by atoms with E-state index in [-0.39, 0.29) is 0 Å². The summed E-state index contributed by atoms with van der Waals surface area (Å²) in [7, 11) is 0. The Balaban J connectivity index is 2.61. The van der Waals surface area contributed by atoms with Crippen molar-refractivity contribution in [1.29, 1.82) is 0 Å². The van der Waals surface area contributed by atoms with E-state index < -0.39 is 21.6 Å². The third-order valence-corrected chi connectivity index (χ3v) is 2.93. The molecular formula is C4H5OSb. The average molecular weight is 191 g/mol. The molecule has 0 saturated carbocycles. The third kappa shape index (κ3) is 0.781. The van der Waals surface area contributed by atoms with Crippen molar-refractivity contribution in [2.45, 2.75) is 0 Å². The van der Waals surface area contributed by atoms with Crippen LogP contribution in [0.5, 0.6) is 0 Å². The van der Waals surface area contributed by atoms with Crippen molar-refractivity contribution < 1.29 is 5.11 Å². The molecule has 0 aromatic heterocycles. The number of aliphatic hydroxyl groups is 1. The first kappa shape index (κ1) is 4.26. The van der Waals surface area contributed by atoms with Crippen LogP contribution in [0.4, 0.5) is 0 Å². The van der Waals surface area contributed by atoms with Gasteiger partial charge in [-0.05, 0) is 0 Å². The molecule has 0 radical (unpaired) electrons. The molecule has 0 aromatic rings. The van der Waals surface area contributed by atoms with Gasteiger partial charge in [0, 0.05) is 0 Å². The van der Waals surface area contributed by atoms with Crippen molar-refractivity contribution in [3.8, 4) is 0 Å². The van der Waals surface area contributed by atoms with Crippen molar-refractivity contribution in [3.63, 3.8) is 0 Å². The van der Waals surface area contributed by atoms with Crippen LogP contribution in [0.15, 0.2) is 19.9 Å². The quantitative estimate of drug-likeness (QED) is 0.547. The molecule has 0 aliphatic carbocycles. The first-order chi connectivity index (χ1) is 2.89. The first-order valence-electron chi connectivity index (χ1n) is 1.72. The molecule has 6 heavy (non-hydrogen) atoms. The van der Waals surface area contributed by atoms with Crippen molar-refractivity contribution in [2.24, 2.45) is 0 Å². The Morgan fingerprint density at radius 3 is 2.67 bits per heavy atom. The van der Waals surface area contributed by atoms with Gasteiger partial charge in [-0.15, -0.1) is 0 Å². The molecule has 0 unspecified atom stereocenters. The van der Waals surface area contributed by atoms with Gasteiger partial charge in [-0.1, -0.05) is 0 Å². The summed E-state index contributed by atoms with van der Waals surface area (Å²) in [5, 5.41) is 8.60. The number of hydrogen-bond donors (Lipinski definition) is 1. The maximum atomic E-state index is 8.60. The molecule has 1 N–H and O–H groups in total. The van der Waals surface area contributed by atoms with E-state index in [0.717, 1.165) is 0 Å². The van der Waals surface area contributed by atoms with Crippen LogP contribution in [-0.2, 0) is 0 Å². The molecule has 0 aromatic carbocycles. The molecule has 0 fully saturated rings. The monoisotopic (exact) mass is 190 g/mol. The SMILES string of the molecule is O[C]1=CC=[CH][SbH]1. The van der Waals surface area contributed by atoms with Gasteiger partial charge in [0.25, 0.3) is 0 Å². The summed E-state index contributed by atoms with van der Waals surface area (Å²) in [6.07, 6.45) is 3.69. The second-order valence-electron chi connectivity index (χ2n) is 1.06. The van der Waals surface area contributed by atoms with E-state index in [1.54, 1.807) is 6.08 Å². The van der Waals surface area contributed by atoms with Crippen molar-refractivity contribution in [1.82, 2.24) is 0 Å². The van der Waals surface area contributed by atoms with E-state index in [2.05, 4.69) is 4.02 Å². The van der Waals surface area contributed by atoms with Crippen LogP contribution in [0.25, 0.3) is 0 Å². The zero-order chi connectivity index (χ0) is 4.41. The fraction of sp³-hybridized carbons (Fsp3) is 0. The summed E-state index contributed by atoms with van der Waals surface area (Å²) in [6.45, 7) is 0. The van der Waals surface area contributed by atoms with Crippen LogP contribution >= 0.6 is 0 Å². The van der Waals surface area contributed by atoms with Crippen molar-refractivity contribution in [3.05, 3.63) is 19.9 Å². The average Bonchev–Trinajstić information content (AvgIpc) is 1.86. The van der Waals surface area contributed by atoms with Crippen LogP contribution < -0.4 is 0 Å². The second kappa shape index (κ2) is 1.70. The van der Waals surface area contributed by atoms with E-state index in [1.165, 1.54) is 0 Å².